The van der Waals surface area contributed by atoms with E-state index in [0.29, 0.717) is 23.7 Å². The molecule has 0 aromatic carbocycles. The van der Waals surface area contributed by atoms with Crippen molar-refractivity contribution in [3.8, 4) is 0 Å². The van der Waals surface area contributed by atoms with E-state index in [4.69, 9.17) is 9.47 Å². The van der Waals surface area contributed by atoms with Crippen LogP contribution in [0.5, 0.6) is 0 Å². The standard InChI is InChI=1S/C28H44O9/c1-27-10-8-15(36-26-23(33)21(31)22(32)24(37-26)25(34)35-3)12-14(27)4-5-16-17-6-7-19(20(30)13-29)28(17,2)11-9-18(16)27/h14-19,21-24,26,29,31-33H,4-13H2,1-3H3/t14-,15-,16+,17+,18+,19-,21+,22+,23-,24+,26-,27+,28+/m1/s1. The first-order valence-electron chi connectivity index (χ1n) is 14.1. The van der Waals surface area contributed by atoms with E-state index in [1.807, 2.05) is 0 Å². The average molecular weight is 525 g/mol. The molecule has 0 spiro atoms. The van der Waals surface area contributed by atoms with Gasteiger partial charge in [0, 0.05) is 5.92 Å². The van der Waals surface area contributed by atoms with Gasteiger partial charge < -0.3 is 34.6 Å². The Bertz CT molecular complexity index is 880. The molecule has 0 unspecified atom stereocenters. The molecule has 9 heteroatoms. The summed E-state index contributed by atoms with van der Waals surface area (Å²) in [5.41, 5.74) is 0.181. The van der Waals surface area contributed by atoms with Gasteiger partial charge in [0.2, 0.25) is 0 Å². The topological polar surface area (TPSA) is 143 Å². The molecule has 9 nitrogen and oxygen atoms in total. The van der Waals surface area contributed by atoms with Crippen LogP contribution in [0.3, 0.4) is 0 Å². The lowest BCUT2D eigenvalue weighted by molar-refractivity contribution is -0.310. The van der Waals surface area contributed by atoms with Gasteiger partial charge in [0.05, 0.1) is 13.2 Å². The van der Waals surface area contributed by atoms with Crippen LogP contribution in [-0.2, 0) is 23.8 Å². The highest BCUT2D eigenvalue weighted by Crippen LogP contribution is 2.67. The first-order valence-corrected chi connectivity index (χ1v) is 14.1. The molecule has 210 valence electrons. The number of ether oxygens (including phenoxy) is 3. The van der Waals surface area contributed by atoms with Crippen molar-refractivity contribution in [3.05, 3.63) is 0 Å². The van der Waals surface area contributed by atoms with Crippen molar-refractivity contribution in [2.45, 2.75) is 108 Å². The van der Waals surface area contributed by atoms with Crippen molar-refractivity contribution in [1.29, 1.82) is 0 Å². The van der Waals surface area contributed by atoms with E-state index in [1.165, 1.54) is 7.11 Å². The third-order valence-corrected chi connectivity index (χ3v) is 11.5. The number of rotatable bonds is 5. The van der Waals surface area contributed by atoms with Gasteiger partial charge >= 0.3 is 5.97 Å². The molecule has 4 aliphatic carbocycles. The molecular weight excluding hydrogens is 480 g/mol. The van der Waals surface area contributed by atoms with Gasteiger partial charge in [-0.2, -0.15) is 0 Å². The normalized spacial score (nSPS) is 51.5. The van der Waals surface area contributed by atoms with Gasteiger partial charge in [-0.3, -0.25) is 4.79 Å². The maximum absolute atomic E-state index is 12.5. The fourth-order valence-electron chi connectivity index (χ4n) is 9.44. The van der Waals surface area contributed by atoms with Crippen LogP contribution in [0.25, 0.3) is 0 Å². The Morgan fingerprint density at radius 3 is 2.30 bits per heavy atom. The van der Waals surface area contributed by atoms with Gasteiger partial charge in [0.1, 0.15) is 24.9 Å². The average Bonchev–Trinajstić information content (AvgIpc) is 3.25. The minimum atomic E-state index is -1.59. The Morgan fingerprint density at radius 1 is 0.892 bits per heavy atom. The van der Waals surface area contributed by atoms with Crippen molar-refractivity contribution in [2.75, 3.05) is 13.7 Å². The van der Waals surface area contributed by atoms with Crippen LogP contribution in [0.1, 0.15) is 71.6 Å². The number of aliphatic hydroxyl groups is 4. The molecule has 0 aromatic rings. The Balaban J connectivity index is 1.25. The molecule has 1 aliphatic heterocycles. The van der Waals surface area contributed by atoms with E-state index in [-0.39, 0.29) is 35.2 Å². The van der Waals surface area contributed by atoms with Gasteiger partial charge in [-0.25, -0.2) is 4.79 Å². The number of fused-ring (bicyclic) bond motifs is 5. The van der Waals surface area contributed by atoms with Crippen LogP contribution in [0.15, 0.2) is 0 Å². The molecular formula is C28H44O9. The van der Waals surface area contributed by atoms with E-state index in [1.54, 1.807) is 0 Å². The monoisotopic (exact) mass is 524 g/mol. The van der Waals surface area contributed by atoms with Gasteiger partial charge in [-0.05, 0) is 92.3 Å². The second-order valence-corrected chi connectivity index (χ2v) is 12.9. The molecule has 37 heavy (non-hydrogen) atoms. The van der Waals surface area contributed by atoms with Crippen LogP contribution in [0.2, 0.25) is 0 Å². The van der Waals surface area contributed by atoms with Crippen LogP contribution in [0, 0.1) is 40.4 Å². The molecule has 5 fully saturated rings. The van der Waals surface area contributed by atoms with Crippen molar-refractivity contribution in [3.63, 3.8) is 0 Å². The van der Waals surface area contributed by atoms with Gasteiger partial charge in [-0.15, -0.1) is 0 Å². The van der Waals surface area contributed by atoms with Gasteiger partial charge in [0.15, 0.2) is 18.2 Å². The quantitative estimate of drug-likeness (QED) is 0.311. The summed E-state index contributed by atoms with van der Waals surface area (Å²) in [5.74, 6) is 1.39. The summed E-state index contributed by atoms with van der Waals surface area (Å²) in [7, 11) is 1.17. The predicted molar refractivity (Wildman–Crippen MR) is 131 cm³/mol. The summed E-state index contributed by atoms with van der Waals surface area (Å²) in [4.78, 5) is 24.5. The fourth-order valence-corrected chi connectivity index (χ4v) is 9.44. The van der Waals surface area contributed by atoms with Crippen LogP contribution in [-0.4, -0.2) is 82.7 Å². The zero-order chi connectivity index (χ0) is 26.7. The smallest absolute Gasteiger partial charge is 0.337 e. The highest BCUT2D eigenvalue weighted by atomic mass is 16.7. The molecule has 0 radical (unpaired) electrons. The second-order valence-electron chi connectivity index (χ2n) is 12.9. The number of Topliss-reactive ketones (excluding diaryl/α,β-unsaturated/α-hetero) is 1. The second kappa shape index (κ2) is 10.1. The van der Waals surface area contributed by atoms with E-state index in [0.717, 1.165) is 57.8 Å². The molecule has 4 N–H and O–H groups in total. The summed E-state index contributed by atoms with van der Waals surface area (Å²) in [5, 5.41) is 40.5. The molecule has 5 aliphatic rings. The summed E-state index contributed by atoms with van der Waals surface area (Å²) in [6.07, 6.45) is 1.50. The minimum Gasteiger partial charge on any atom is -0.467 e. The Kier molecular flexibility index (Phi) is 7.53. The maximum Gasteiger partial charge on any atom is 0.337 e. The predicted octanol–water partition coefficient (Wildman–Crippen LogP) is 1.57. The maximum atomic E-state index is 12.5. The summed E-state index contributed by atoms with van der Waals surface area (Å²) in [6, 6.07) is 0. The molecule has 0 aromatic heterocycles. The van der Waals surface area contributed by atoms with Gasteiger partial charge in [-0.1, -0.05) is 13.8 Å². The number of hydrogen-bond acceptors (Lipinski definition) is 9. The van der Waals surface area contributed by atoms with Crippen LogP contribution >= 0.6 is 0 Å². The molecule has 0 amide bonds. The lowest BCUT2D eigenvalue weighted by Crippen LogP contribution is -2.61. The summed E-state index contributed by atoms with van der Waals surface area (Å²) in [6.45, 7) is 4.37. The Labute approximate surface area is 218 Å². The highest BCUT2D eigenvalue weighted by molar-refractivity contribution is 5.83. The molecule has 0 bridgehead atoms. The molecule has 1 heterocycles. The SMILES string of the molecule is COC(=O)[C@H]1O[C@@H](O[C@@H]2CC[C@@]3(C)[C@H](CC[C@@H]4[C@@H]3CC[C@]3(C)[C@@H](C(=O)CO)CC[C@@H]43)C2)[C@H](O)[C@@H](O)[C@@H]1O. The first kappa shape index (κ1) is 27.5. The largest absolute Gasteiger partial charge is 0.467 e. The van der Waals surface area contributed by atoms with Crippen molar-refractivity contribution < 1.29 is 44.2 Å². The third-order valence-electron chi connectivity index (χ3n) is 11.5. The van der Waals surface area contributed by atoms with Crippen molar-refractivity contribution in [2.24, 2.45) is 40.4 Å². The van der Waals surface area contributed by atoms with E-state index < -0.39 is 36.7 Å². The minimum absolute atomic E-state index is 0.000525. The number of carbonyl (C=O) groups is 2. The number of aliphatic hydroxyl groups excluding tert-OH is 4. The number of methoxy groups -OCH3 is 1. The van der Waals surface area contributed by atoms with Crippen molar-refractivity contribution >= 4 is 11.8 Å². The Morgan fingerprint density at radius 2 is 1.59 bits per heavy atom. The molecule has 4 saturated carbocycles. The molecule has 1 saturated heterocycles. The molecule has 13 atom stereocenters. The lowest BCUT2D eigenvalue weighted by atomic mass is 9.44. The number of carbonyl (C=O) groups excluding carboxylic acids is 2. The highest BCUT2D eigenvalue weighted by Gasteiger charge is 2.61. The van der Waals surface area contributed by atoms with E-state index in [9.17, 15) is 30.0 Å². The van der Waals surface area contributed by atoms with Crippen LogP contribution < -0.4 is 0 Å². The third kappa shape index (κ3) is 4.38. The summed E-state index contributed by atoms with van der Waals surface area (Å²) < 4.78 is 16.4. The van der Waals surface area contributed by atoms with E-state index >= 15 is 0 Å². The first-order chi connectivity index (χ1) is 17.5. The zero-order valence-electron chi connectivity index (χ0n) is 22.3. The number of hydrogen-bond donors (Lipinski definition) is 4. The number of ketones is 1. The van der Waals surface area contributed by atoms with Crippen molar-refractivity contribution in [1.82, 2.24) is 0 Å². The van der Waals surface area contributed by atoms with Crippen LogP contribution in [0.4, 0.5) is 0 Å². The van der Waals surface area contributed by atoms with Gasteiger partial charge in [0.25, 0.3) is 0 Å². The lowest BCUT2D eigenvalue weighted by Gasteiger charge is -2.61. The summed E-state index contributed by atoms with van der Waals surface area (Å²) >= 11 is 0. The van der Waals surface area contributed by atoms with E-state index in [2.05, 4.69) is 18.6 Å². The Hall–Kier alpha value is -1.10. The fraction of sp³-hybridized carbons (Fsp3) is 0.929. The zero-order valence-corrected chi connectivity index (χ0v) is 22.3. The molecule has 5 rings (SSSR count). The number of esters is 1.